The average molecular weight is 395 g/mol. The van der Waals surface area contributed by atoms with E-state index in [0.717, 1.165) is 44.6 Å². The summed E-state index contributed by atoms with van der Waals surface area (Å²) in [6, 6.07) is 6.56. The Bertz CT molecular complexity index is 884. The van der Waals surface area contributed by atoms with Gasteiger partial charge in [-0.15, -0.1) is 0 Å². The van der Waals surface area contributed by atoms with Gasteiger partial charge in [-0.25, -0.2) is 9.78 Å². The summed E-state index contributed by atoms with van der Waals surface area (Å²) in [4.78, 5) is 21.7. The first kappa shape index (κ1) is 20.0. The maximum absolute atomic E-state index is 12.4. The number of hydrogen-bond acceptors (Lipinski definition) is 5. The van der Waals surface area contributed by atoms with Gasteiger partial charge in [0.1, 0.15) is 0 Å². The Morgan fingerprint density at radius 3 is 2.59 bits per heavy atom. The van der Waals surface area contributed by atoms with Crippen LogP contribution in [0.3, 0.4) is 0 Å². The van der Waals surface area contributed by atoms with E-state index in [-0.39, 0.29) is 0 Å². The minimum Gasteiger partial charge on any atom is -0.464 e. The van der Waals surface area contributed by atoms with Gasteiger partial charge in [-0.2, -0.15) is 0 Å². The third-order valence-corrected chi connectivity index (χ3v) is 6.07. The largest absolute Gasteiger partial charge is 0.464 e. The Morgan fingerprint density at radius 2 is 1.93 bits per heavy atom. The van der Waals surface area contributed by atoms with E-state index in [1.807, 2.05) is 6.20 Å². The molecule has 5 heteroatoms. The number of aromatic nitrogens is 2. The zero-order chi connectivity index (χ0) is 20.4. The molecule has 29 heavy (non-hydrogen) atoms. The molecular formula is C24H30N2O3. The van der Waals surface area contributed by atoms with Crippen LogP contribution in [0, 0.1) is 0 Å². The Morgan fingerprint density at radius 1 is 1.17 bits per heavy atom. The van der Waals surface area contributed by atoms with E-state index in [2.05, 4.69) is 42.0 Å². The van der Waals surface area contributed by atoms with E-state index in [1.54, 1.807) is 0 Å². The van der Waals surface area contributed by atoms with Crippen LogP contribution in [0.5, 0.6) is 0 Å². The van der Waals surface area contributed by atoms with Gasteiger partial charge in [-0.3, -0.25) is 4.98 Å². The number of carbonyl (C=O) groups excluding carboxylic acids is 1. The van der Waals surface area contributed by atoms with Crippen LogP contribution in [-0.4, -0.2) is 36.3 Å². The first-order valence-electron chi connectivity index (χ1n) is 10.7. The molecule has 154 valence electrons. The Balaban J connectivity index is 1.71. The van der Waals surface area contributed by atoms with Crippen molar-refractivity contribution in [1.29, 1.82) is 0 Å². The fraction of sp³-hybridized carbons (Fsp3) is 0.542. The number of hydrogen-bond donors (Lipinski definition) is 0. The van der Waals surface area contributed by atoms with Gasteiger partial charge in [0.25, 0.3) is 0 Å². The Kier molecular flexibility index (Phi) is 5.95. The van der Waals surface area contributed by atoms with Gasteiger partial charge in [0.2, 0.25) is 0 Å². The molecule has 1 saturated heterocycles. The summed E-state index contributed by atoms with van der Waals surface area (Å²) in [7, 11) is 1.41. The van der Waals surface area contributed by atoms with Crippen LogP contribution in [0.1, 0.15) is 95.9 Å². The van der Waals surface area contributed by atoms with Crippen LogP contribution in [0.4, 0.5) is 0 Å². The van der Waals surface area contributed by atoms with Gasteiger partial charge >= 0.3 is 5.97 Å². The van der Waals surface area contributed by atoms with Crippen molar-refractivity contribution in [3.8, 4) is 0 Å². The number of esters is 1. The van der Waals surface area contributed by atoms with E-state index < -0.39 is 5.97 Å². The molecule has 2 heterocycles. The molecule has 1 saturated carbocycles. The van der Waals surface area contributed by atoms with Crippen LogP contribution in [0.2, 0.25) is 0 Å². The quantitative estimate of drug-likeness (QED) is 0.662. The van der Waals surface area contributed by atoms with Crippen molar-refractivity contribution in [3.63, 3.8) is 0 Å². The molecule has 1 aromatic heterocycles. The lowest BCUT2D eigenvalue weighted by Crippen LogP contribution is -2.17. The predicted molar refractivity (Wildman–Crippen MR) is 111 cm³/mol. The second-order valence-corrected chi connectivity index (χ2v) is 8.49. The molecule has 5 nitrogen and oxygen atoms in total. The molecule has 2 fully saturated rings. The van der Waals surface area contributed by atoms with Crippen molar-refractivity contribution in [1.82, 2.24) is 9.97 Å². The average Bonchev–Trinajstić information content (AvgIpc) is 3.59. The maximum Gasteiger partial charge on any atom is 0.358 e. The zero-order valence-electron chi connectivity index (χ0n) is 17.6. The number of ether oxygens (including phenoxy) is 2. The summed E-state index contributed by atoms with van der Waals surface area (Å²) < 4.78 is 10.6. The predicted octanol–water partition coefficient (Wildman–Crippen LogP) is 4.75. The highest BCUT2D eigenvalue weighted by Gasteiger charge is 2.28. The highest BCUT2D eigenvalue weighted by molar-refractivity contribution is 5.88. The molecule has 1 aromatic carbocycles. The van der Waals surface area contributed by atoms with Crippen molar-refractivity contribution in [2.24, 2.45) is 0 Å². The fourth-order valence-electron chi connectivity index (χ4n) is 4.43. The van der Waals surface area contributed by atoms with Crippen molar-refractivity contribution >= 4 is 5.97 Å². The van der Waals surface area contributed by atoms with E-state index in [1.165, 1.54) is 23.8 Å². The van der Waals surface area contributed by atoms with Gasteiger partial charge in [-0.1, -0.05) is 32.0 Å². The smallest absolute Gasteiger partial charge is 0.358 e. The highest BCUT2D eigenvalue weighted by Crippen LogP contribution is 2.39. The topological polar surface area (TPSA) is 61.3 Å². The molecule has 4 rings (SSSR count). The lowest BCUT2D eigenvalue weighted by Gasteiger charge is -2.27. The van der Waals surface area contributed by atoms with E-state index in [4.69, 9.17) is 9.47 Å². The Hall–Kier alpha value is -2.27. The van der Waals surface area contributed by atoms with Gasteiger partial charge in [-0.05, 0) is 54.2 Å². The molecule has 2 aromatic rings. The third-order valence-electron chi connectivity index (χ3n) is 6.07. The summed E-state index contributed by atoms with van der Waals surface area (Å²) >= 11 is 0. The molecule has 2 aliphatic rings. The monoisotopic (exact) mass is 394 g/mol. The first-order chi connectivity index (χ1) is 14.1. The van der Waals surface area contributed by atoms with E-state index in [0.29, 0.717) is 35.6 Å². The van der Waals surface area contributed by atoms with Crippen LogP contribution in [0.15, 0.2) is 24.4 Å². The van der Waals surface area contributed by atoms with Gasteiger partial charge in [0.05, 0.1) is 18.5 Å². The Labute approximate surface area is 172 Å². The van der Waals surface area contributed by atoms with E-state index >= 15 is 0 Å². The number of methoxy groups -OCH3 is 1. The van der Waals surface area contributed by atoms with Crippen molar-refractivity contribution in [2.75, 3.05) is 20.3 Å². The molecule has 0 atom stereocenters. The lowest BCUT2D eigenvalue weighted by molar-refractivity contribution is 0.0591. The summed E-state index contributed by atoms with van der Waals surface area (Å²) in [5.41, 5.74) is 6.00. The normalized spacial score (nSPS) is 17.5. The second-order valence-electron chi connectivity index (χ2n) is 8.49. The molecule has 0 unspecified atom stereocenters. The minimum atomic E-state index is -0.401. The summed E-state index contributed by atoms with van der Waals surface area (Å²) in [6.45, 7) is 6.13. The summed E-state index contributed by atoms with van der Waals surface area (Å²) in [5, 5.41) is 0. The number of carbonyl (C=O) groups is 1. The lowest BCUT2D eigenvalue weighted by atomic mass is 9.81. The standard InChI is InChI=1S/C24H30N2O3/c1-15(2)22-18(5-4-6-19(22)16-9-11-29-12-10-16)13-20-23(24(27)28-3)26-21(14-25-20)17-7-8-17/h4-6,14-17H,7-13H2,1-3H3. The second kappa shape index (κ2) is 8.62. The van der Waals surface area contributed by atoms with Crippen LogP contribution in [0.25, 0.3) is 0 Å². The molecule has 1 aliphatic carbocycles. The van der Waals surface area contributed by atoms with Crippen molar-refractivity contribution in [2.45, 2.75) is 63.7 Å². The van der Waals surface area contributed by atoms with Crippen LogP contribution < -0.4 is 0 Å². The van der Waals surface area contributed by atoms with Gasteiger partial charge in [0.15, 0.2) is 5.69 Å². The number of benzene rings is 1. The number of nitrogens with zero attached hydrogens (tertiary/aromatic N) is 2. The van der Waals surface area contributed by atoms with Crippen LogP contribution in [-0.2, 0) is 15.9 Å². The maximum atomic E-state index is 12.4. The third kappa shape index (κ3) is 4.35. The molecule has 0 spiro atoms. The highest BCUT2D eigenvalue weighted by atomic mass is 16.5. The zero-order valence-corrected chi connectivity index (χ0v) is 17.6. The molecule has 0 bridgehead atoms. The number of rotatable bonds is 6. The van der Waals surface area contributed by atoms with Crippen molar-refractivity contribution < 1.29 is 14.3 Å². The molecule has 0 radical (unpaired) electrons. The first-order valence-corrected chi connectivity index (χ1v) is 10.7. The SMILES string of the molecule is COC(=O)c1nc(C2CC2)cnc1Cc1cccc(C2CCOCC2)c1C(C)C. The fourth-order valence-corrected chi connectivity index (χ4v) is 4.43. The van der Waals surface area contributed by atoms with Crippen molar-refractivity contribution in [3.05, 3.63) is 58.2 Å². The molecule has 0 amide bonds. The summed E-state index contributed by atoms with van der Waals surface area (Å²) in [5.74, 6) is 0.971. The van der Waals surface area contributed by atoms with Gasteiger partial charge < -0.3 is 9.47 Å². The minimum absolute atomic E-state index is 0.364. The van der Waals surface area contributed by atoms with Gasteiger partial charge in [0, 0.05) is 31.7 Å². The van der Waals surface area contributed by atoms with E-state index in [9.17, 15) is 4.79 Å². The molecule has 1 aliphatic heterocycles. The molecule has 0 N–H and O–H groups in total. The summed E-state index contributed by atoms with van der Waals surface area (Å²) in [6.07, 6.45) is 6.81. The van der Waals surface area contributed by atoms with Crippen LogP contribution >= 0.6 is 0 Å². The molecular weight excluding hydrogens is 364 g/mol.